The summed E-state index contributed by atoms with van der Waals surface area (Å²) in [7, 11) is 0. The van der Waals surface area contributed by atoms with E-state index in [0.717, 1.165) is 19.4 Å². The summed E-state index contributed by atoms with van der Waals surface area (Å²) in [5, 5.41) is 11.2. The maximum Gasteiger partial charge on any atom is 0.311 e. The van der Waals surface area contributed by atoms with Crippen LogP contribution in [0.5, 0.6) is 0 Å². The lowest BCUT2D eigenvalue weighted by atomic mass is 9.78. The second-order valence-corrected chi connectivity index (χ2v) is 5.78. The molecule has 0 spiro atoms. The number of rotatable bonds is 2. The molecule has 1 saturated heterocycles. The lowest BCUT2D eigenvalue weighted by Gasteiger charge is -2.44. The van der Waals surface area contributed by atoms with Crippen molar-refractivity contribution in [1.29, 1.82) is 0 Å². The van der Waals surface area contributed by atoms with E-state index in [1.807, 2.05) is 0 Å². The van der Waals surface area contributed by atoms with Crippen molar-refractivity contribution in [2.75, 3.05) is 17.2 Å². The Bertz CT molecular complexity index is 518. The third-order valence-electron chi connectivity index (χ3n) is 4.59. The number of aromatic nitrogens is 1. The maximum absolute atomic E-state index is 11.2. The lowest BCUT2D eigenvalue weighted by molar-refractivity contribution is -0.384. The quantitative estimate of drug-likeness (QED) is 0.663. The van der Waals surface area contributed by atoms with Gasteiger partial charge in [0.15, 0.2) is 0 Å². The lowest BCUT2D eigenvalue weighted by Crippen LogP contribution is -2.47. The largest absolute Gasteiger partial charge is 0.384 e. The fraction of sp³-hybridized carbons (Fsp3) is 0.643. The summed E-state index contributed by atoms with van der Waals surface area (Å²) in [5.74, 6) is 1.47. The first-order valence-corrected chi connectivity index (χ1v) is 7.34. The Morgan fingerprint density at radius 1 is 1.25 bits per heavy atom. The molecule has 0 aromatic carbocycles. The summed E-state index contributed by atoms with van der Waals surface area (Å²) in [6, 6.07) is 3.37. The van der Waals surface area contributed by atoms with Crippen LogP contribution in [0.3, 0.4) is 0 Å². The molecule has 0 radical (unpaired) electrons. The predicted molar refractivity (Wildman–Crippen MR) is 77.6 cm³/mol. The fourth-order valence-electron chi connectivity index (χ4n) is 3.70. The average Bonchev–Trinajstić information content (AvgIpc) is 2.46. The smallest absolute Gasteiger partial charge is 0.311 e. The van der Waals surface area contributed by atoms with E-state index in [1.165, 1.54) is 37.8 Å². The van der Waals surface area contributed by atoms with Crippen molar-refractivity contribution in [3.63, 3.8) is 0 Å². The minimum absolute atomic E-state index is 0.0745. The summed E-state index contributed by atoms with van der Waals surface area (Å²) in [6.07, 6.45) is 7.14. The van der Waals surface area contributed by atoms with Crippen LogP contribution in [-0.4, -0.2) is 22.5 Å². The van der Waals surface area contributed by atoms with Gasteiger partial charge in [-0.3, -0.25) is 10.1 Å². The van der Waals surface area contributed by atoms with E-state index in [-0.39, 0.29) is 10.6 Å². The summed E-state index contributed by atoms with van der Waals surface area (Å²) in [5.41, 5.74) is 5.82. The number of hydrogen-bond donors (Lipinski definition) is 1. The number of nitrogen functional groups attached to an aromatic ring is 1. The number of fused-ring (bicyclic) bond motifs is 1. The van der Waals surface area contributed by atoms with Crippen molar-refractivity contribution in [3.05, 3.63) is 22.2 Å². The van der Waals surface area contributed by atoms with E-state index in [1.54, 1.807) is 0 Å². The van der Waals surface area contributed by atoms with Crippen LogP contribution in [0.4, 0.5) is 17.3 Å². The summed E-state index contributed by atoms with van der Waals surface area (Å²) < 4.78 is 0. The molecular formula is C14H20N4O2. The minimum Gasteiger partial charge on any atom is -0.384 e. The maximum atomic E-state index is 11.2. The zero-order valence-corrected chi connectivity index (χ0v) is 11.5. The van der Waals surface area contributed by atoms with Gasteiger partial charge >= 0.3 is 5.69 Å². The monoisotopic (exact) mass is 276 g/mol. The molecule has 1 aromatic heterocycles. The van der Waals surface area contributed by atoms with Gasteiger partial charge < -0.3 is 10.6 Å². The third kappa shape index (κ3) is 2.30. The van der Waals surface area contributed by atoms with Crippen LogP contribution >= 0.6 is 0 Å². The molecule has 2 N–H and O–H groups in total. The number of nitro groups is 1. The highest BCUT2D eigenvalue weighted by molar-refractivity contribution is 5.61. The topological polar surface area (TPSA) is 85.3 Å². The molecule has 2 fully saturated rings. The van der Waals surface area contributed by atoms with E-state index in [0.29, 0.717) is 23.6 Å². The second-order valence-electron chi connectivity index (χ2n) is 5.78. The third-order valence-corrected chi connectivity index (χ3v) is 4.59. The molecule has 3 rings (SSSR count). The molecule has 6 nitrogen and oxygen atoms in total. The van der Waals surface area contributed by atoms with Crippen molar-refractivity contribution in [2.45, 2.75) is 44.6 Å². The van der Waals surface area contributed by atoms with Crippen molar-refractivity contribution < 1.29 is 4.92 Å². The molecule has 0 amide bonds. The number of nitrogens with zero attached hydrogens (tertiary/aromatic N) is 3. The van der Waals surface area contributed by atoms with Gasteiger partial charge in [0, 0.05) is 18.7 Å². The van der Waals surface area contributed by atoms with E-state index in [2.05, 4.69) is 9.88 Å². The van der Waals surface area contributed by atoms with E-state index >= 15 is 0 Å². The van der Waals surface area contributed by atoms with Crippen LogP contribution in [0.15, 0.2) is 12.1 Å². The molecule has 1 saturated carbocycles. The van der Waals surface area contributed by atoms with Crippen LogP contribution in [0.1, 0.15) is 38.5 Å². The van der Waals surface area contributed by atoms with Crippen molar-refractivity contribution >= 4 is 17.3 Å². The van der Waals surface area contributed by atoms with Gasteiger partial charge in [-0.25, -0.2) is 4.98 Å². The number of piperidine rings is 1. The Morgan fingerprint density at radius 3 is 2.80 bits per heavy atom. The van der Waals surface area contributed by atoms with Crippen LogP contribution in [0.2, 0.25) is 0 Å². The summed E-state index contributed by atoms with van der Waals surface area (Å²) >= 11 is 0. The van der Waals surface area contributed by atoms with Gasteiger partial charge in [0.2, 0.25) is 5.82 Å². The molecule has 20 heavy (non-hydrogen) atoms. The van der Waals surface area contributed by atoms with Gasteiger partial charge in [-0.2, -0.15) is 0 Å². The zero-order valence-electron chi connectivity index (χ0n) is 11.5. The van der Waals surface area contributed by atoms with Gasteiger partial charge in [0.1, 0.15) is 5.82 Å². The first-order valence-electron chi connectivity index (χ1n) is 7.34. The standard InChI is InChI=1S/C14H20N4O2/c15-13-8-7-12(18(19)20)14(16-13)17-9-3-5-10-4-1-2-6-11(10)17/h7-8,10-11H,1-6,9H2,(H2,15,16). The van der Waals surface area contributed by atoms with E-state index in [9.17, 15) is 10.1 Å². The van der Waals surface area contributed by atoms with Crippen LogP contribution < -0.4 is 10.6 Å². The molecule has 6 heteroatoms. The number of nitrogens with two attached hydrogens (primary N) is 1. The molecule has 2 aliphatic rings. The summed E-state index contributed by atoms with van der Waals surface area (Å²) in [4.78, 5) is 17.3. The molecule has 2 unspecified atom stereocenters. The van der Waals surface area contributed by atoms with Crippen molar-refractivity contribution in [1.82, 2.24) is 4.98 Å². The first-order chi connectivity index (χ1) is 9.66. The van der Waals surface area contributed by atoms with Gasteiger partial charge in [-0.15, -0.1) is 0 Å². The van der Waals surface area contributed by atoms with E-state index in [4.69, 9.17) is 5.73 Å². The average molecular weight is 276 g/mol. The Labute approximate surface area is 118 Å². The number of anilines is 2. The molecule has 1 aliphatic heterocycles. The number of pyridine rings is 1. The van der Waals surface area contributed by atoms with E-state index < -0.39 is 0 Å². The highest BCUT2D eigenvalue weighted by Gasteiger charge is 2.36. The second kappa shape index (κ2) is 5.26. The van der Waals surface area contributed by atoms with Crippen LogP contribution in [0, 0.1) is 16.0 Å². The Morgan fingerprint density at radius 2 is 2.00 bits per heavy atom. The highest BCUT2D eigenvalue weighted by atomic mass is 16.6. The molecule has 2 heterocycles. The molecule has 108 valence electrons. The normalized spacial score (nSPS) is 26.1. The predicted octanol–water partition coefficient (Wildman–Crippen LogP) is 2.73. The minimum atomic E-state index is -0.353. The number of hydrogen-bond acceptors (Lipinski definition) is 5. The Kier molecular flexibility index (Phi) is 3.46. The van der Waals surface area contributed by atoms with Crippen molar-refractivity contribution in [2.24, 2.45) is 5.92 Å². The Hall–Kier alpha value is -1.85. The first kappa shape index (κ1) is 13.1. The van der Waals surface area contributed by atoms with Gasteiger partial charge in [0.25, 0.3) is 0 Å². The summed E-state index contributed by atoms with van der Waals surface area (Å²) in [6.45, 7) is 0.846. The molecular weight excluding hydrogens is 256 g/mol. The highest BCUT2D eigenvalue weighted by Crippen LogP contribution is 2.39. The zero-order chi connectivity index (χ0) is 14.1. The molecule has 1 aliphatic carbocycles. The SMILES string of the molecule is Nc1ccc([N+](=O)[O-])c(N2CCCC3CCCCC32)n1. The van der Waals surface area contributed by atoms with Gasteiger partial charge in [-0.05, 0) is 37.7 Å². The van der Waals surface area contributed by atoms with Crippen LogP contribution in [-0.2, 0) is 0 Å². The Balaban J connectivity index is 1.98. The van der Waals surface area contributed by atoms with Gasteiger partial charge in [-0.1, -0.05) is 12.8 Å². The molecule has 1 aromatic rings. The van der Waals surface area contributed by atoms with Gasteiger partial charge in [0.05, 0.1) is 4.92 Å². The fourth-order valence-corrected chi connectivity index (χ4v) is 3.70. The van der Waals surface area contributed by atoms with Crippen molar-refractivity contribution in [3.8, 4) is 0 Å². The molecule has 0 bridgehead atoms. The molecule has 2 atom stereocenters. The van der Waals surface area contributed by atoms with Crippen LogP contribution in [0.25, 0.3) is 0 Å².